The first-order chi connectivity index (χ1) is 4.30. The number of hydrogen-bond acceptors (Lipinski definition) is 3. The summed E-state index contributed by atoms with van der Waals surface area (Å²) in [6, 6.07) is 0. The van der Waals surface area contributed by atoms with Crippen molar-refractivity contribution in [2.24, 2.45) is 0 Å². The van der Waals surface area contributed by atoms with Crippen molar-refractivity contribution in [1.82, 2.24) is 10.2 Å². The number of nitrogens with one attached hydrogen (secondary N) is 1. The van der Waals surface area contributed by atoms with Crippen molar-refractivity contribution in [3.63, 3.8) is 0 Å². The van der Waals surface area contributed by atoms with Crippen LogP contribution in [-0.2, 0) is 0 Å². The van der Waals surface area contributed by atoms with Crippen LogP contribution >= 0.6 is 0 Å². The Morgan fingerprint density at radius 2 is 2.56 bits per heavy atom. The van der Waals surface area contributed by atoms with E-state index in [9.17, 15) is 0 Å². The van der Waals surface area contributed by atoms with Gasteiger partial charge >= 0.3 is 0 Å². The molecule has 0 bridgehead atoms. The average molecular weight is 128 g/mol. The highest BCUT2D eigenvalue weighted by Gasteiger charge is 2.07. The zero-order valence-electron chi connectivity index (χ0n) is 5.54. The van der Waals surface area contributed by atoms with Crippen molar-refractivity contribution in [3.8, 4) is 0 Å². The topological polar surface area (TPSA) is 35.5 Å². The number of rotatable bonds is 0. The third kappa shape index (κ3) is 1.78. The fourth-order valence-corrected chi connectivity index (χ4v) is 0.754. The van der Waals surface area contributed by atoms with Gasteiger partial charge in [0.15, 0.2) is 0 Å². The fraction of sp³-hybridized carbons (Fsp3) is 0.667. The van der Waals surface area contributed by atoms with Crippen LogP contribution < -0.4 is 5.32 Å². The zero-order valence-corrected chi connectivity index (χ0v) is 5.54. The molecule has 9 heavy (non-hydrogen) atoms. The van der Waals surface area contributed by atoms with Crippen molar-refractivity contribution in [2.45, 2.75) is 6.23 Å². The minimum absolute atomic E-state index is 0.417. The molecular weight excluding hydrogens is 116 g/mol. The molecule has 0 aromatic carbocycles. The van der Waals surface area contributed by atoms with Gasteiger partial charge in [0.2, 0.25) is 0 Å². The maximum Gasteiger partial charge on any atom is 0.127 e. The van der Waals surface area contributed by atoms with Crippen LogP contribution in [-0.4, -0.2) is 36.5 Å². The lowest BCUT2D eigenvalue weighted by Gasteiger charge is -2.17. The molecule has 1 rings (SSSR count). The van der Waals surface area contributed by atoms with Crippen molar-refractivity contribution >= 4 is 0 Å². The van der Waals surface area contributed by atoms with Crippen molar-refractivity contribution in [3.05, 3.63) is 12.2 Å². The Morgan fingerprint density at radius 3 is 3.33 bits per heavy atom. The Bertz CT molecular complexity index is 114. The first kappa shape index (κ1) is 6.74. The minimum Gasteiger partial charge on any atom is -0.375 e. The van der Waals surface area contributed by atoms with Crippen LogP contribution in [0, 0.1) is 0 Å². The smallest absolute Gasteiger partial charge is 0.127 e. The normalized spacial score (nSPS) is 30.2. The van der Waals surface area contributed by atoms with Gasteiger partial charge in [-0.1, -0.05) is 6.08 Å². The molecular formula is C6H12N2O. The van der Waals surface area contributed by atoms with E-state index in [0.29, 0.717) is 0 Å². The summed E-state index contributed by atoms with van der Waals surface area (Å²) in [6.45, 7) is 1.59. The second-order valence-electron chi connectivity index (χ2n) is 2.21. The molecule has 0 amide bonds. The van der Waals surface area contributed by atoms with Crippen LogP contribution in [0.15, 0.2) is 12.2 Å². The van der Waals surface area contributed by atoms with E-state index >= 15 is 0 Å². The van der Waals surface area contributed by atoms with E-state index in [1.807, 2.05) is 18.0 Å². The quantitative estimate of drug-likeness (QED) is 0.426. The molecule has 0 aromatic heterocycles. The Hall–Kier alpha value is -0.380. The Kier molecular flexibility index (Phi) is 2.22. The van der Waals surface area contributed by atoms with Crippen molar-refractivity contribution < 1.29 is 5.11 Å². The molecule has 0 aromatic rings. The summed E-state index contributed by atoms with van der Waals surface area (Å²) in [4.78, 5) is 1.82. The van der Waals surface area contributed by atoms with Gasteiger partial charge < -0.3 is 10.4 Å². The van der Waals surface area contributed by atoms with Crippen LogP contribution in [0.5, 0.6) is 0 Å². The maximum atomic E-state index is 9.16. The van der Waals surface area contributed by atoms with Gasteiger partial charge in [0.05, 0.1) is 6.67 Å². The number of nitrogens with zero attached hydrogens (tertiary/aromatic N) is 1. The summed E-state index contributed by atoms with van der Waals surface area (Å²) >= 11 is 0. The van der Waals surface area contributed by atoms with E-state index in [1.165, 1.54) is 0 Å². The van der Waals surface area contributed by atoms with Gasteiger partial charge in [0, 0.05) is 6.54 Å². The highest BCUT2D eigenvalue weighted by Crippen LogP contribution is 1.94. The van der Waals surface area contributed by atoms with Gasteiger partial charge in [0.1, 0.15) is 6.23 Å². The largest absolute Gasteiger partial charge is 0.375 e. The Labute approximate surface area is 55.0 Å². The molecule has 1 aliphatic heterocycles. The molecule has 0 radical (unpaired) electrons. The molecule has 3 heteroatoms. The van der Waals surface area contributed by atoms with E-state index in [4.69, 9.17) is 5.11 Å². The summed E-state index contributed by atoms with van der Waals surface area (Å²) in [5.41, 5.74) is 0. The summed E-state index contributed by atoms with van der Waals surface area (Å²) in [5, 5.41) is 12.3. The second-order valence-corrected chi connectivity index (χ2v) is 2.21. The summed E-state index contributed by atoms with van der Waals surface area (Å²) in [5.74, 6) is 0. The number of hydrogen-bond donors (Lipinski definition) is 2. The molecule has 0 spiro atoms. The molecule has 0 saturated heterocycles. The summed E-state index contributed by atoms with van der Waals surface area (Å²) < 4.78 is 0. The van der Waals surface area contributed by atoms with Crippen molar-refractivity contribution in [2.75, 3.05) is 20.3 Å². The van der Waals surface area contributed by atoms with E-state index in [0.717, 1.165) is 13.2 Å². The molecule has 1 aliphatic rings. The highest BCUT2D eigenvalue weighted by atomic mass is 16.3. The van der Waals surface area contributed by atoms with Crippen LogP contribution in [0.25, 0.3) is 0 Å². The highest BCUT2D eigenvalue weighted by molar-refractivity contribution is 4.91. The van der Waals surface area contributed by atoms with Crippen LogP contribution in [0.2, 0.25) is 0 Å². The van der Waals surface area contributed by atoms with Gasteiger partial charge in [-0.25, -0.2) is 0 Å². The predicted octanol–water partition coefficient (Wildman–Crippen LogP) is -0.647. The lowest BCUT2D eigenvalue weighted by molar-refractivity contribution is 0.0609. The van der Waals surface area contributed by atoms with Gasteiger partial charge in [0.25, 0.3) is 0 Å². The van der Waals surface area contributed by atoms with Gasteiger partial charge in [-0.05, 0) is 13.1 Å². The Balaban J connectivity index is 2.46. The number of aliphatic hydroxyl groups excluding tert-OH is 1. The van der Waals surface area contributed by atoms with E-state index in [1.54, 1.807) is 6.08 Å². The van der Waals surface area contributed by atoms with Gasteiger partial charge in [-0.15, -0.1) is 0 Å². The molecule has 0 fully saturated rings. The fourth-order valence-electron chi connectivity index (χ4n) is 0.754. The number of aliphatic hydroxyl groups is 1. The monoisotopic (exact) mass is 128 g/mol. The maximum absolute atomic E-state index is 9.16. The zero-order chi connectivity index (χ0) is 6.69. The lowest BCUT2D eigenvalue weighted by atomic mass is 10.4. The standard InChI is InChI=1S/C6H12N2O/c1-8-5-7-4-2-3-6(8)9/h2-3,6-7,9H,4-5H2,1H3. The Morgan fingerprint density at radius 1 is 1.78 bits per heavy atom. The molecule has 1 heterocycles. The van der Waals surface area contributed by atoms with E-state index in [2.05, 4.69) is 5.32 Å². The molecule has 2 N–H and O–H groups in total. The summed E-state index contributed by atoms with van der Waals surface area (Å²) in [7, 11) is 1.87. The lowest BCUT2D eigenvalue weighted by Crippen LogP contribution is -2.35. The second kappa shape index (κ2) is 2.96. The molecule has 1 atom stereocenters. The first-order valence-electron chi connectivity index (χ1n) is 3.06. The molecule has 1 unspecified atom stereocenters. The SMILES string of the molecule is CN1CNCC=CC1O. The van der Waals surface area contributed by atoms with Crippen LogP contribution in [0.4, 0.5) is 0 Å². The van der Waals surface area contributed by atoms with Crippen molar-refractivity contribution in [1.29, 1.82) is 0 Å². The molecule has 0 aliphatic carbocycles. The van der Waals surface area contributed by atoms with Gasteiger partial charge in [-0.3, -0.25) is 4.90 Å². The van der Waals surface area contributed by atoms with E-state index in [-0.39, 0.29) is 0 Å². The van der Waals surface area contributed by atoms with Gasteiger partial charge in [-0.2, -0.15) is 0 Å². The molecule has 3 nitrogen and oxygen atoms in total. The average Bonchev–Trinajstić information content (AvgIpc) is 1.99. The minimum atomic E-state index is -0.417. The number of likely N-dealkylation sites (N-methyl/N-ethyl adjacent to an activating group) is 1. The van der Waals surface area contributed by atoms with E-state index < -0.39 is 6.23 Å². The van der Waals surface area contributed by atoms with Crippen LogP contribution in [0.1, 0.15) is 0 Å². The first-order valence-corrected chi connectivity index (χ1v) is 3.06. The molecule has 52 valence electrons. The predicted molar refractivity (Wildman–Crippen MR) is 35.8 cm³/mol. The third-order valence-electron chi connectivity index (χ3n) is 1.38. The molecule has 0 saturated carbocycles. The van der Waals surface area contributed by atoms with Crippen LogP contribution in [0.3, 0.4) is 0 Å². The summed E-state index contributed by atoms with van der Waals surface area (Å²) in [6.07, 6.45) is 3.29. The third-order valence-corrected chi connectivity index (χ3v) is 1.38.